The normalized spacial score (nSPS) is 28.1. The molecule has 5 nitrogen and oxygen atoms in total. The highest BCUT2D eigenvalue weighted by molar-refractivity contribution is 5.78. The fraction of sp³-hybridized carbons (Fsp3) is 0.944. The Morgan fingerprint density at radius 2 is 1.52 bits per heavy atom. The predicted octanol–water partition coefficient (Wildman–Crippen LogP) is 1.68. The van der Waals surface area contributed by atoms with Crippen molar-refractivity contribution >= 4 is 5.91 Å². The van der Waals surface area contributed by atoms with Gasteiger partial charge in [0.2, 0.25) is 5.91 Å². The average Bonchev–Trinajstić information content (AvgIpc) is 2.44. The molecule has 134 valence electrons. The lowest BCUT2D eigenvalue weighted by molar-refractivity contribution is -0.144. The number of hydrogen-bond donors (Lipinski definition) is 0. The van der Waals surface area contributed by atoms with Crippen molar-refractivity contribution in [3.8, 4) is 0 Å². The Kier molecular flexibility index (Phi) is 6.46. The van der Waals surface area contributed by atoms with Crippen LogP contribution in [0.2, 0.25) is 0 Å². The van der Waals surface area contributed by atoms with E-state index in [-0.39, 0.29) is 18.1 Å². The number of rotatable bonds is 4. The third-order valence-electron chi connectivity index (χ3n) is 4.77. The van der Waals surface area contributed by atoms with Gasteiger partial charge in [-0.05, 0) is 32.2 Å². The van der Waals surface area contributed by atoms with E-state index in [0.29, 0.717) is 12.0 Å². The highest BCUT2D eigenvalue weighted by Gasteiger charge is 2.28. The van der Waals surface area contributed by atoms with E-state index < -0.39 is 0 Å². The number of ether oxygens (including phenoxy) is 1. The summed E-state index contributed by atoms with van der Waals surface area (Å²) in [4.78, 5) is 19.3. The lowest BCUT2D eigenvalue weighted by Crippen LogP contribution is -2.54. The van der Waals surface area contributed by atoms with Gasteiger partial charge < -0.3 is 14.5 Å². The third-order valence-corrected chi connectivity index (χ3v) is 4.77. The number of carbonyl (C=O) groups is 1. The summed E-state index contributed by atoms with van der Waals surface area (Å²) in [6.07, 6.45) is 1.53. The first-order valence-electron chi connectivity index (χ1n) is 9.11. The molecule has 0 aromatic rings. The molecule has 0 aromatic carbocycles. The highest BCUT2D eigenvalue weighted by Crippen LogP contribution is 2.19. The average molecular weight is 325 g/mol. The van der Waals surface area contributed by atoms with Crippen LogP contribution in [0.1, 0.15) is 41.0 Å². The minimum atomic E-state index is 0.150. The monoisotopic (exact) mass is 325 g/mol. The molecule has 2 heterocycles. The van der Waals surface area contributed by atoms with Crippen LogP contribution in [-0.2, 0) is 9.53 Å². The van der Waals surface area contributed by atoms with E-state index in [2.05, 4.69) is 30.6 Å². The van der Waals surface area contributed by atoms with Crippen LogP contribution in [-0.4, -0.2) is 85.2 Å². The molecule has 0 aliphatic carbocycles. The Bertz CT molecular complexity index is 376. The highest BCUT2D eigenvalue weighted by atomic mass is 16.5. The minimum absolute atomic E-state index is 0.150. The van der Waals surface area contributed by atoms with Crippen LogP contribution in [0, 0.1) is 5.41 Å². The van der Waals surface area contributed by atoms with Crippen LogP contribution < -0.4 is 0 Å². The molecule has 0 saturated carbocycles. The Hall–Kier alpha value is -0.650. The molecule has 2 fully saturated rings. The number of amides is 1. The van der Waals surface area contributed by atoms with Crippen molar-refractivity contribution < 1.29 is 9.53 Å². The van der Waals surface area contributed by atoms with E-state index in [0.717, 1.165) is 39.3 Å². The molecule has 0 N–H and O–H groups in total. The summed E-state index contributed by atoms with van der Waals surface area (Å²) in [7, 11) is 0. The standard InChI is InChI=1S/C18H35N3O2/c1-15-12-21(13-16(2)23-15)17(22)14-20-10-8-19(9-11-20)7-6-18(3,4)5/h15-16H,6-14H2,1-5H3. The van der Waals surface area contributed by atoms with Gasteiger partial charge in [0, 0.05) is 39.3 Å². The van der Waals surface area contributed by atoms with Crippen molar-refractivity contribution in [2.75, 3.05) is 52.4 Å². The van der Waals surface area contributed by atoms with E-state index in [4.69, 9.17) is 4.74 Å². The lowest BCUT2D eigenvalue weighted by Gasteiger charge is -2.39. The summed E-state index contributed by atoms with van der Waals surface area (Å²) in [6.45, 7) is 18.4. The molecular formula is C18H35N3O2. The van der Waals surface area contributed by atoms with Gasteiger partial charge in [0.05, 0.1) is 18.8 Å². The van der Waals surface area contributed by atoms with Gasteiger partial charge in [0.15, 0.2) is 0 Å². The van der Waals surface area contributed by atoms with Crippen molar-refractivity contribution in [2.45, 2.75) is 53.2 Å². The van der Waals surface area contributed by atoms with Crippen LogP contribution in [0.4, 0.5) is 0 Å². The molecule has 2 atom stereocenters. The quantitative estimate of drug-likeness (QED) is 0.788. The van der Waals surface area contributed by atoms with E-state index in [9.17, 15) is 4.79 Å². The van der Waals surface area contributed by atoms with Gasteiger partial charge in [-0.15, -0.1) is 0 Å². The molecule has 2 aliphatic rings. The second kappa shape index (κ2) is 7.95. The fourth-order valence-corrected chi connectivity index (χ4v) is 3.34. The molecule has 5 heteroatoms. The summed E-state index contributed by atoms with van der Waals surface area (Å²) < 4.78 is 5.71. The van der Waals surface area contributed by atoms with Crippen LogP contribution in [0.5, 0.6) is 0 Å². The Morgan fingerprint density at radius 1 is 1.00 bits per heavy atom. The summed E-state index contributed by atoms with van der Waals surface area (Å²) >= 11 is 0. The number of carbonyl (C=O) groups excluding carboxylic acids is 1. The number of hydrogen-bond acceptors (Lipinski definition) is 4. The molecule has 0 aromatic heterocycles. The Balaban J connectivity index is 1.70. The maximum atomic E-state index is 12.5. The summed E-state index contributed by atoms with van der Waals surface area (Å²) in [6, 6.07) is 0. The summed E-state index contributed by atoms with van der Waals surface area (Å²) in [5.41, 5.74) is 0.400. The zero-order valence-corrected chi connectivity index (χ0v) is 15.7. The summed E-state index contributed by atoms with van der Waals surface area (Å²) in [5, 5.41) is 0. The topological polar surface area (TPSA) is 36.0 Å². The number of nitrogens with zero attached hydrogens (tertiary/aromatic N) is 3. The third kappa shape index (κ3) is 6.40. The second-order valence-electron chi connectivity index (χ2n) is 8.48. The number of piperazine rings is 1. The van der Waals surface area contributed by atoms with Crippen LogP contribution in [0.3, 0.4) is 0 Å². The van der Waals surface area contributed by atoms with Crippen molar-refractivity contribution in [3.63, 3.8) is 0 Å². The molecule has 0 bridgehead atoms. The maximum Gasteiger partial charge on any atom is 0.236 e. The second-order valence-corrected chi connectivity index (χ2v) is 8.48. The first kappa shape index (κ1) is 18.7. The summed E-state index contributed by atoms with van der Waals surface area (Å²) in [5.74, 6) is 0.259. The SMILES string of the molecule is CC1CN(C(=O)CN2CCN(CCC(C)(C)C)CC2)CC(C)O1. The maximum absolute atomic E-state index is 12.5. The van der Waals surface area contributed by atoms with Crippen molar-refractivity contribution in [1.29, 1.82) is 0 Å². The van der Waals surface area contributed by atoms with Gasteiger partial charge >= 0.3 is 0 Å². The molecular weight excluding hydrogens is 290 g/mol. The predicted molar refractivity (Wildman–Crippen MR) is 93.5 cm³/mol. The molecule has 1 amide bonds. The zero-order valence-electron chi connectivity index (χ0n) is 15.7. The van der Waals surface area contributed by atoms with Gasteiger partial charge in [0.25, 0.3) is 0 Å². The zero-order chi connectivity index (χ0) is 17.0. The van der Waals surface area contributed by atoms with Gasteiger partial charge in [-0.25, -0.2) is 0 Å². The first-order chi connectivity index (χ1) is 10.7. The van der Waals surface area contributed by atoms with E-state index in [1.807, 2.05) is 18.7 Å². The molecule has 2 rings (SSSR count). The Morgan fingerprint density at radius 3 is 2.04 bits per heavy atom. The van der Waals surface area contributed by atoms with Crippen LogP contribution >= 0.6 is 0 Å². The van der Waals surface area contributed by atoms with Gasteiger partial charge in [0.1, 0.15) is 0 Å². The van der Waals surface area contributed by atoms with Gasteiger partial charge in [-0.2, -0.15) is 0 Å². The molecule has 0 spiro atoms. The smallest absolute Gasteiger partial charge is 0.236 e. The van der Waals surface area contributed by atoms with Gasteiger partial charge in [-0.1, -0.05) is 20.8 Å². The largest absolute Gasteiger partial charge is 0.372 e. The lowest BCUT2D eigenvalue weighted by atomic mass is 9.92. The molecule has 2 aliphatic heterocycles. The molecule has 2 unspecified atom stereocenters. The van der Waals surface area contributed by atoms with Crippen molar-refractivity contribution in [2.24, 2.45) is 5.41 Å². The van der Waals surface area contributed by atoms with Gasteiger partial charge in [-0.3, -0.25) is 9.69 Å². The fourth-order valence-electron chi connectivity index (χ4n) is 3.34. The molecule has 2 saturated heterocycles. The first-order valence-corrected chi connectivity index (χ1v) is 9.11. The number of morpholine rings is 1. The van der Waals surface area contributed by atoms with Crippen LogP contribution in [0.25, 0.3) is 0 Å². The molecule has 0 radical (unpaired) electrons. The molecule has 23 heavy (non-hydrogen) atoms. The van der Waals surface area contributed by atoms with Crippen molar-refractivity contribution in [3.05, 3.63) is 0 Å². The van der Waals surface area contributed by atoms with E-state index in [1.165, 1.54) is 13.0 Å². The van der Waals surface area contributed by atoms with Crippen LogP contribution in [0.15, 0.2) is 0 Å². The van der Waals surface area contributed by atoms with E-state index in [1.54, 1.807) is 0 Å². The van der Waals surface area contributed by atoms with E-state index >= 15 is 0 Å². The Labute approximate surface area is 141 Å². The van der Waals surface area contributed by atoms with Crippen molar-refractivity contribution in [1.82, 2.24) is 14.7 Å². The minimum Gasteiger partial charge on any atom is -0.372 e.